The van der Waals surface area contributed by atoms with Crippen molar-refractivity contribution in [3.63, 3.8) is 0 Å². The van der Waals surface area contributed by atoms with Crippen molar-refractivity contribution >= 4 is 17.4 Å². The van der Waals surface area contributed by atoms with E-state index in [9.17, 15) is 14.9 Å². The standard InChI is InChI=1S/C9H12N4O3/c1-6-7(13(15)16)2-3-9(12-6)11-5-4-8(10)14/h2-3H,4-5H2,1H3,(H2,10,14)(H,11,12). The molecule has 0 saturated carbocycles. The van der Waals surface area contributed by atoms with Crippen molar-refractivity contribution in [3.8, 4) is 0 Å². The third-order valence-corrected chi connectivity index (χ3v) is 1.93. The number of aryl methyl sites for hydroxylation is 1. The van der Waals surface area contributed by atoms with Gasteiger partial charge in [-0.15, -0.1) is 0 Å². The van der Waals surface area contributed by atoms with Crippen LogP contribution in [0.25, 0.3) is 0 Å². The van der Waals surface area contributed by atoms with Crippen molar-refractivity contribution in [2.75, 3.05) is 11.9 Å². The van der Waals surface area contributed by atoms with E-state index in [-0.39, 0.29) is 12.1 Å². The second kappa shape index (κ2) is 5.06. The summed E-state index contributed by atoms with van der Waals surface area (Å²) in [5, 5.41) is 13.4. The number of nitro groups is 1. The number of carbonyl (C=O) groups excluding carboxylic acids is 1. The first kappa shape index (κ1) is 11.9. The van der Waals surface area contributed by atoms with E-state index in [1.165, 1.54) is 12.1 Å². The predicted molar refractivity (Wildman–Crippen MR) is 57.9 cm³/mol. The first-order valence-corrected chi connectivity index (χ1v) is 4.65. The number of carbonyl (C=O) groups is 1. The van der Waals surface area contributed by atoms with Gasteiger partial charge in [0.1, 0.15) is 11.5 Å². The van der Waals surface area contributed by atoms with Gasteiger partial charge in [0.2, 0.25) is 5.91 Å². The maximum Gasteiger partial charge on any atom is 0.290 e. The van der Waals surface area contributed by atoms with Gasteiger partial charge in [0, 0.05) is 19.0 Å². The molecule has 0 saturated heterocycles. The summed E-state index contributed by atoms with van der Waals surface area (Å²) in [5.41, 5.74) is 5.26. The first-order chi connectivity index (χ1) is 7.50. The Hall–Kier alpha value is -2.18. The lowest BCUT2D eigenvalue weighted by Crippen LogP contribution is -2.16. The molecule has 1 aromatic rings. The van der Waals surface area contributed by atoms with Crippen LogP contribution in [0.15, 0.2) is 12.1 Å². The zero-order valence-electron chi connectivity index (χ0n) is 8.77. The molecule has 3 N–H and O–H groups in total. The molecule has 0 spiro atoms. The number of anilines is 1. The van der Waals surface area contributed by atoms with Crippen molar-refractivity contribution in [3.05, 3.63) is 27.9 Å². The lowest BCUT2D eigenvalue weighted by atomic mass is 10.3. The highest BCUT2D eigenvalue weighted by Gasteiger charge is 2.11. The number of rotatable bonds is 5. The summed E-state index contributed by atoms with van der Waals surface area (Å²) in [4.78, 5) is 24.5. The number of nitrogens with one attached hydrogen (secondary N) is 1. The highest BCUT2D eigenvalue weighted by Crippen LogP contribution is 2.17. The largest absolute Gasteiger partial charge is 0.370 e. The van der Waals surface area contributed by atoms with Gasteiger partial charge in [-0.05, 0) is 13.0 Å². The van der Waals surface area contributed by atoms with E-state index < -0.39 is 10.8 Å². The average molecular weight is 224 g/mol. The fourth-order valence-corrected chi connectivity index (χ4v) is 1.16. The summed E-state index contributed by atoms with van der Waals surface area (Å²) in [6, 6.07) is 2.86. The minimum Gasteiger partial charge on any atom is -0.370 e. The number of nitrogens with two attached hydrogens (primary N) is 1. The van der Waals surface area contributed by atoms with E-state index in [0.29, 0.717) is 18.1 Å². The third kappa shape index (κ3) is 3.19. The molecular weight excluding hydrogens is 212 g/mol. The lowest BCUT2D eigenvalue weighted by Gasteiger charge is -2.04. The molecule has 0 radical (unpaired) electrons. The number of pyridine rings is 1. The summed E-state index contributed by atoms with van der Waals surface area (Å²) in [6.07, 6.45) is 0.192. The van der Waals surface area contributed by atoms with Crippen molar-refractivity contribution in [2.45, 2.75) is 13.3 Å². The smallest absolute Gasteiger partial charge is 0.290 e. The quantitative estimate of drug-likeness (QED) is 0.561. The molecule has 0 aliphatic carbocycles. The maximum atomic E-state index is 10.5. The topological polar surface area (TPSA) is 111 Å². The van der Waals surface area contributed by atoms with E-state index in [1.54, 1.807) is 6.92 Å². The van der Waals surface area contributed by atoms with Gasteiger partial charge in [-0.3, -0.25) is 14.9 Å². The van der Waals surface area contributed by atoms with Crippen molar-refractivity contribution < 1.29 is 9.72 Å². The summed E-state index contributed by atoms with van der Waals surface area (Å²) in [7, 11) is 0. The monoisotopic (exact) mass is 224 g/mol. The molecule has 7 nitrogen and oxygen atoms in total. The predicted octanol–water partition coefficient (Wildman–Crippen LogP) is 0.586. The maximum absolute atomic E-state index is 10.5. The van der Waals surface area contributed by atoms with E-state index >= 15 is 0 Å². The molecule has 0 aliphatic rings. The lowest BCUT2D eigenvalue weighted by molar-refractivity contribution is -0.385. The fraction of sp³-hybridized carbons (Fsp3) is 0.333. The first-order valence-electron chi connectivity index (χ1n) is 4.65. The average Bonchev–Trinajstić information content (AvgIpc) is 2.16. The van der Waals surface area contributed by atoms with Gasteiger partial charge in [0.25, 0.3) is 5.69 Å². The van der Waals surface area contributed by atoms with Crippen LogP contribution in [0.1, 0.15) is 12.1 Å². The Morgan fingerprint density at radius 3 is 2.81 bits per heavy atom. The van der Waals surface area contributed by atoms with Crippen LogP contribution in [0.5, 0.6) is 0 Å². The van der Waals surface area contributed by atoms with Crippen molar-refractivity contribution in [1.82, 2.24) is 4.98 Å². The number of amides is 1. The molecule has 0 aliphatic heterocycles. The van der Waals surface area contributed by atoms with Crippen LogP contribution in [0.2, 0.25) is 0 Å². The van der Waals surface area contributed by atoms with Gasteiger partial charge in [-0.1, -0.05) is 0 Å². The van der Waals surface area contributed by atoms with Crippen LogP contribution in [0, 0.1) is 17.0 Å². The summed E-state index contributed by atoms with van der Waals surface area (Å²) < 4.78 is 0. The van der Waals surface area contributed by atoms with Gasteiger partial charge in [0.05, 0.1) is 4.92 Å². The van der Waals surface area contributed by atoms with Crippen LogP contribution in [-0.4, -0.2) is 22.4 Å². The van der Waals surface area contributed by atoms with Crippen LogP contribution in [0.4, 0.5) is 11.5 Å². The van der Waals surface area contributed by atoms with Gasteiger partial charge >= 0.3 is 0 Å². The van der Waals surface area contributed by atoms with Crippen molar-refractivity contribution in [1.29, 1.82) is 0 Å². The number of aromatic nitrogens is 1. The Morgan fingerprint density at radius 1 is 1.62 bits per heavy atom. The molecule has 7 heteroatoms. The van der Waals surface area contributed by atoms with E-state index in [2.05, 4.69) is 10.3 Å². The van der Waals surface area contributed by atoms with Crippen LogP contribution < -0.4 is 11.1 Å². The molecule has 16 heavy (non-hydrogen) atoms. The Kier molecular flexibility index (Phi) is 3.76. The van der Waals surface area contributed by atoms with Crippen LogP contribution in [0.3, 0.4) is 0 Å². The van der Waals surface area contributed by atoms with Crippen molar-refractivity contribution in [2.24, 2.45) is 5.73 Å². The van der Waals surface area contributed by atoms with E-state index in [1.807, 2.05) is 0 Å². The molecule has 0 bridgehead atoms. The number of hydrogen-bond acceptors (Lipinski definition) is 5. The number of primary amides is 1. The molecule has 1 aromatic heterocycles. The Balaban J connectivity index is 2.66. The number of nitrogens with zero attached hydrogens (tertiary/aromatic N) is 2. The molecule has 86 valence electrons. The summed E-state index contributed by atoms with van der Waals surface area (Å²) in [5.74, 6) is 0.0792. The van der Waals surface area contributed by atoms with Crippen LogP contribution >= 0.6 is 0 Å². The second-order valence-corrected chi connectivity index (χ2v) is 3.20. The molecule has 0 fully saturated rings. The Morgan fingerprint density at radius 2 is 2.31 bits per heavy atom. The minimum atomic E-state index is -0.491. The zero-order valence-corrected chi connectivity index (χ0v) is 8.77. The summed E-state index contributed by atoms with van der Waals surface area (Å²) in [6.45, 7) is 1.91. The molecule has 1 amide bonds. The Bertz CT molecular complexity index is 419. The van der Waals surface area contributed by atoms with Gasteiger partial charge < -0.3 is 11.1 Å². The third-order valence-electron chi connectivity index (χ3n) is 1.93. The molecular formula is C9H12N4O3. The van der Waals surface area contributed by atoms with Crippen LogP contribution in [-0.2, 0) is 4.79 Å². The SMILES string of the molecule is Cc1nc(NCCC(N)=O)ccc1[N+](=O)[O-]. The molecule has 1 rings (SSSR count). The van der Waals surface area contributed by atoms with Gasteiger partial charge in [-0.25, -0.2) is 4.98 Å². The number of hydrogen-bond donors (Lipinski definition) is 2. The normalized spacial score (nSPS) is 9.81. The highest BCUT2D eigenvalue weighted by molar-refractivity contribution is 5.74. The highest BCUT2D eigenvalue weighted by atomic mass is 16.6. The summed E-state index contributed by atoms with van der Waals surface area (Å²) >= 11 is 0. The van der Waals surface area contributed by atoms with Gasteiger partial charge in [0.15, 0.2) is 0 Å². The molecule has 1 heterocycles. The van der Waals surface area contributed by atoms with E-state index in [4.69, 9.17) is 5.73 Å². The Labute approximate surface area is 91.8 Å². The fourth-order valence-electron chi connectivity index (χ4n) is 1.16. The minimum absolute atomic E-state index is 0.0274. The van der Waals surface area contributed by atoms with Gasteiger partial charge in [-0.2, -0.15) is 0 Å². The second-order valence-electron chi connectivity index (χ2n) is 3.20. The zero-order chi connectivity index (χ0) is 12.1. The molecule has 0 atom stereocenters. The van der Waals surface area contributed by atoms with E-state index in [0.717, 1.165) is 0 Å². The molecule has 0 aromatic carbocycles. The molecule has 0 unspecified atom stereocenters.